The first-order chi connectivity index (χ1) is 15.7. The number of rotatable bonds is 21. The number of unbranched alkanes of at least 4 members (excludes halogenated alkanes) is 9. The highest BCUT2D eigenvalue weighted by atomic mass is 16.6. The minimum Gasteiger partial charge on any atom is -0.491 e. The van der Waals surface area contributed by atoms with Crippen molar-refractivity contribution in [3.63, 3.8) is 0 Å². The normalized spacial score (nSPS) is 11.8. The number of hydrogen-bond acceptors (Lipinski definition) is 4. The Morgan fingerprint density at radius 1 is 0.906 bits per heavy atom. The number of hydrogen-bond donors (Lipinski definition) is 0. The minimum atomic E-state index is -0.267. The summed E-state index contributed by atoms with van der Waals surface area (Å²) < 4.78 is 16.5. The van der Waals surface area contributed by atoms with E-state index in [1.165, 1.54) is 75.8 Å². The van der Waals surface area contributed by atoms with Gasteiger partial charge in [0, 0.05) is 6.42 Å². The maximum absolute atomic E-state index is 11.2. The van der Waals surface area contributed by atoms with E-state index in [4.69, 9.17) is 14.2 Å². The Morgan fingerprint density at radius 2 is 1.53 bits per heavy atom. The zero-order chi connectivity index (χ0) is 23.3. The molecule has 0 aliphatic rings. The first-order valence-electron chi connectivity index (χ1n) is 12.8. The summed E-state index contributed by atoms with van der Waals surface area (Å²) >= 11 is 0. The standard InChI is InChI=1S/C28H46O4/c1-4-6-7-8-9-10-11-12-13-14-16-26-17-19-27(20-18-26)32-25(3)21-22-30-23-24-31-28(29)15-5-2/h5,17-20,25H,2,4,6-16,21-24H2,1,3H3/t25-/m1/s1. The number of benzene rings is 1. The summed E-state index contributed by atoms with van der Waals surface area (Å²) in [5, 5.41) is 0. The molecule has 0 aliphatic heterocycles. The molecule has 0 heterocycles. The summed E-state index contributed by atoms with van der Waals surface area (Å²) in [6.07, 6.45) is 17.5. The van der Waals surface area contributed by atoms with Gasteiger partial charge >= 0.3 is 5.97 Å². The summed E-state index contributed by atoms with van der Waals surface area (Å²) in [6.45, 7) is 9.09. The third-order valence-corrected chi connectivity index (χ3v) is 5.55. The molecule has 0 amide bonds. The molecule has 1 aromatic carbocycles. The van der Waals surface area contributed by atoms with Crippen LogP contribution < -0.4 is 4.74 Å². The lowest BCUT2D eigenvalue weighted by atomic mass is 10.0. The van der Waals surface area contributed by atoms with Gasteiger partial charge < -0.3 is 14.2 Å². The summed E-state index contributed by atoms with van der Waals surface area (Å²) in [5.74, 6) is 0.639. The molecule has 0 radical (unpaired) electrons. The smallest absolute Gasteiger partial charge is 0.309 e. The van der Waals surface area contributed by atoms with E-state index < -0.39 is 0 Å². The highest BCUT2D eigenvalue weighted by molar-refractivity contribution is 5.70. The predicted octanol–water partition coefficient (Wildman–Crippen LogP) is 7.44. The van der Waals surface area contributed by atoms with Crippen molar-refractivity contribution in [2.75, 3.05) is 19.8 Å². The number of carbonyl (C=O) groups excluding carboxylic acids is 1. The highest BCUT2D eigenvalue weighted by Crippen LogP contribution is 2.17. The van der Waals surface area contributed by atoms with Crippen LogP contribution in [0.4, 0.5) is 0 Å². The molecule has 0 saturated heterocycles. The van der Waals surface area contributed by atoms with Crippen LogP contribution in [0.5, 0.6) is 5.75 Å². The molecule has 1 atom stereocenters. The highest BCUT2D eigenvalue weighted by Gasteiger charge is 2.05. The average molecular weight is 447 g/mol. The fourth-order valence-electron chi connectivity index (χ4n) is 3.59. The predicted molar refractivity (Wildman–Crippen MR) is 133 cm³/mol. The van der Waals surface area contributed by atoms with Crippen LogP contribution in [-0.2, 0) is 20.7 Å². The lowest BCUT2D eigenvalue weighted by molar-refractivity contribution is -0.144. The van der Waals surface area contributed by atoms with Crippen LogP contribution in [-0.4, -0.2) is 31.9 Å². The molecule has 0 unspecified atom stereocenters. The van der Waals surface area contributed by atoms with Gasteiger partial charge in [0.1, 0.15) is 12.4 Å². The Morgan fingerprint density at radius 3 is 2.16 bits per heavy atom. The van der Waals surface area contributed by atoms with Crippen LogP contribution in [0.3, 0.4) is 0 Å². The molecule has 4 nitrogen and oxygen atoms in total. The van der Waals surface area contributed by atoms with E-state index in [2.05, 4.69) is 37.8 Å². The van der Waals surface area contributed by atoms with E-state index in [9.17, 15) is 4.79 Å². The van der Waals surface area contributed by atoms with Gasteiger partial charge in [0.25, 0.3) is 0 Å². The van der Waals surface area contributed by atoms with Crippen LogP contribution in [0.15, 0.2) is 36.9 Å². The van der Waals surface area contributed by atoms with Crippen LogP contribution in [0.2, 0.25) is 0 Å². The van der Waals surface area contributed by atoms with E-state index in [1.54, 1.807) is 0 Å². The number of esters is 1. The Kier molecular flexibility index (Phi) is 17.5. The lowest BCUT2D eigenvalue weighted by Gasteiger charge is -2.15. The van der Waals surface area contributed by atoms with Crippen molar-refractivity contribution in [2.24, 2.45) is 0 Å². The zero-order valence-electron chi connectivity index (χ0n) is 20.6. The Labute approximate surface area is 196 Å². The molecule has 0 fully saturated rings. The van der Waals surface area contributed by atoms with E-state index in [0.717, 1.165) is 18.6 Å². The molecule has 1 aromatic rings. The van der Waals surface area contributed by atoms with Crippen LogP contribution in [0.1, 0.15) is 96.5 Å². The molecule has 0 spiro atoms. The van der Waals surface area contributed by atoms with Crippen molar-refractivity contribution in [1.82, 2.24) is 0 Å². The minimum absolute atomic E-state index is 0.0751. The molecule has 4 heteroatoms. The van der Waals surface area contributed by atoms with Crippen LogP contribution in [0, 0.1) is 0 Å². The number of ether oxygens (including phenoxy) is 3. The van der Waals surface area contributed by atoms with Crippen molar-refractivity contribution >= 4 is 5.97 Å². The van der Waals surface area contributed by atoms with E-state index in [1.807, 2.05) is 6.92 Å². The van der Waals surface area contributed by atoms with Crippen molar-refractivity contribution in [1.29, 1.82) is 0 Å². The van der Waals surface area contributed by atoms with Crippen LogP contribution in [0.25, 0.3) is 0 Å². The molecular formula is C28H46O4. The van der Waals surface area contributed by atoms with Crippen molar-refractivity contribution in [3.8, 4) is 5.75 Å². The Balaban J connectivity index is 2.03. The monoisotopic (exact) mass is 446 g/mol. The molecule has 0 N–H and O–H groups in total. The SMILES string of the molecule is C=CCC(=O)OCCOCC[C@@H](C)Oc1ccc(CCCCCCCCCCCC)cc1. The first-order valence-corrected chi connectivity index (χ1v) is 12.8. The van der Waals surface area contributed by atoms with E-state index >= 15 is 0 Å². The Hall–Kier alpha value is -1.81. The quantitative estimate of drug-likeness (QED) is 0.112. The second-order valence-electron chi connectivity index (χ2n) is 8.62. The maximum atomic E-state index is 11.2. The van der Waals surface area contributed by atoms with Crippen molar-refractivity contribution < 1.29 is 19.0 Å². The first kappa shape index (κ1) is 28.2. The van der Waals surface area contributed by atoms with Crippen molar-refractivity contribution in [2.45, 2.75) is 103 Å². The molecule has 0 aliphatic carbocycles. The molecule has 182 valence electrons. The summed E-state index contributed by atoms with van der Waals surface area (Å²) in [5.41, 5.74) is 1.39. The van der Waals surface area contributed by atoms with E-state index in [-0.39, 0.29) is 25.1 Å². The van der Waals surface area contributed by atoms with Crippen LogP contribution >= 0.6 is 0 Å². The topological polar surface area (TPSA) is 44.8 Å². The molecular weight excluding hydrogens is 400 g/mol. The fourth-order valence-corrected chi connectivity index (χ4v) is 3.59. The van der Waals surface area contributed by atoms with Gasteiger partial charge in [-0.1, -0.05) is 82.9 Å². The van der Waals surface area contributed by atoms with Gasteiger partial charge in [0.2, 0.25) is 0 Å². The number of aryl methyl sites for hydroxylation is 1. The zero-order valence-corrected chi connectivity index (χ0v) is 20.6. The van der Waals surface area contributed by atoms with Gasteiger partial charge in [-0.2, -0.15) is 0 Å². The third kappa shape index (κ3) is 15.9. The molecule has 1 rings (SSSR count). The fraction of sp³-hybridized carbons (Fsp3) is 0.679. The lowest BCUT2D eigenvalue weighted by Crippen LogP contribution is -2.16. The Bertz CT molecular complexity index is 582. The van der Waals surface area contributed by atoms with E-state index in [0.29, 0.717) is 13.2 Å². The third-order valence-electron chi connectivity index (χ3n) is 5.55. The second-order valence-corrected chi connectivity index (χ2v) is 8.62. The maximum Gasteiger partial charge on any atom is 0.309 e. The van der Waals surface area contributed by atoms with Gasteiger partial charge in [-0.3, -0.25) is 4.79 Å². The molecule has 0 bridgehead atoms. The average Bonchev–Trinajstić information content (AvgIpc) is 2.78. The largest absolute Gasteiger partial charge is 0.491 e. The number of carbonyl (C=O) groups is 1. The van der Waals surface area contributed by atoms with Gasteiger partial charge in [-0.25, -0.2) is 0 Å². The summed E-state index contributed by atoms with van der Waals surface area (Å²) in [4.78, 5) is 11.2. The molecule has 0 aromatic heterocycles. The van der Waals surface area contributed by atoms with Gasteiger partial charge in [0.05, 0.1) is 25.7 Å². The second kappa shape index (κ2) is 19.8. The molecule has 32 heavy (non-hydrogen) atoms. The summed E-state index contributed by atoms with van der Waals surface area (Å²) in [6, 6.07) is 8.51. The summed E-state index contributed by atoms with van der Waals surface area (Å²) in [7, 11) is 0. The van der Waals surface area contributed by atoms with Crippen molar-refractivity contribution in [3.05, 3.63) is 42.5 Å². The van der Waals surface area contributed by atoms with Gasteiger partial charge in [-0.05, 0) is 37.5 Å². The molecule has 0 saturated carbocycles. The van der Waals surface area contributed by atoms with Gasteiger partial charge in [0.15, 0.2) is 0 Å². The van der Waals surface area contributed by atoms with Gasteiger partial charge in [-0.15, -0.1) is 6.58 Å².